The molecule has 0 saturated carbocycles. The molecule has 1 saturated heterocycles. The third kappa shape index (κ3) is 3.85. The molecule has 1 aromatic carbocycles. The maximum atomic E-state index is 13.6. The Kier molecular flexibility index (Phi) is 5.33. The lowest BCUT2D eigenvalue weighted by atomic mass is 9.98. The summed E-state index contributed by atoms with van der Waals surface area (Å²) in [5.41, 5.74) is -0.509. The Morgan fingerprint density at radius 3 is 2.48 bits per heavy atom. The van der Waals surface area contributed by atoms with E-state index in [9.17, 15) is 22.0 Å². The van der Waals surface area contributed by atoms with Crippen molar-refractivity contribution in [2.45, 2.75) is 12.8 Å². The number of rotatable bonds is 4. The predicted molar refractivity (Wildman–Crippen MR) is 81.9 cm³/mol. The number of nitrogens with one attached hydrogen (secondary N) is 1. The molecule has 0 spiro atoms. The van der Waals surface area contributed by atoms with Crippen molar-refractivity contribution in [2.24, 2.45) is 5.92 Å². The highest BCUT2D eigenvalue weighted by molar-refractivity contribution is 7.86. The van der Waals surface area contributed by atoms with Gasteiger partial charge in [-0.3, -0.25) is 4.79 Å². The molecule has 1 atom stereocenters. The van der Waals surface area contributed by atoms with Crippen LogP contribution in [0, 0.1) is 17.6 Å². The number of piperidine rings is 1. The number of benzene rings is 1. The summed E-state index contributed by atoms with van der Waals surface area (Å²) >= 11 is 0. The minimum Gasteiger partial charge on any atom is -0.321 e. The van der Waals surface area contributed by atoms with Crippen molar-refractivity contribution in [2.75, 3.05) is 32.5 Å². The van der Waals surface area contributed by atoms with Crippen molar-refractivity contribution < 1.29 is 22.0 Å². The number of para-hydroxylation sites is 1. The van der Waals surface area contributed by atoms with Gasteiger partial charge < -0.3 is 5.32 Å². The Hall–Kier alpha value is -1.58. The van der Waals surface area contributed by atoms with Crippen LogP contribution in [0.3, 0.4) is 0 Å². The van der Waals surface area contributed by atoms with Crippen molar-refractivity contribution in [3.05, 3.63) is 29.8 Å². The molecule has 1 heterocycles. The van der Waals surface area contributed by atoms with Gasteiger partial charge in [-0.15, -0.1) is 0 Å². The number of hydrogen-bond donors (Lipinski definition) is 1. The van der Waals surface area contributed by atoms with Crippen LogP contribution in [-0.2, 0) is 15.0 Å². The average molecular weight is 347 g/mol. The van der Waals surface area contributed by atoms with E-state index < -0.39 is 39.4 Å². The fourth-order valence-electron chi connectivity index (χ4n) is 2.44. The lowest BCUT2D eigenvalue weighted by molar-refractivity contribution is -0.120. The summed E-state index contributed by atoms with van der Waals surface area (Å²) in [6.45, 7) is 0.306. The number of carbonyl (C=O) groups excluding carboxylic acids is 1. The van der Waals surface area contributed by atoms with Crippen LogP contribution in [0.2, 0.25) is 0 Å². The first-order valence-corrected chi connectivity index (χ1v) is 8.55. The number of amides is 1. The van der Waals surface area contributed by atoms with E-state index in [0.29, 0.717) is 19.4 Å². The lowest BCUT2D eigenvalue weighted by Crippen LogP contribution is -2.47. The Balaban J connectivity index is 2.11. The molecule has 1 aromatic rings. The van der Waals surface area contributed by atoms with Gasteiger partial charge in [-0.1, -0.05) is 6.07 Å². The van der Waals surface area contributed by atoms with Crippen LogP contribution in [0.15, 0.2) is 18.2 Å². The summed E-state index contributed by atoms with van der Waals surface area (Å²) in [7, 11) is -0.796. The molecule has 0 bridgehead atoms. The number of carbonyl (C=O) groups is 1. The maximum absolute atomic E-state index is 13.6. The molecule has 0 aliphatic carbocycles. The van der Waals surface area contributed by atoms with Crippen LogP contribution in [0.25, 0.3) is 0 Å². The van der Waals surface area contributed by atoms with Crippen LogP contribution < -0.4 is 5.32 Å². The zero-order valence-corrected chi connectivity index (χ0v) is 13.7. The van der Waals surface area contributed by atoms with Crippen LogP contribution in [0.5, 0.6) is 0 Å². The molecule has 1 N–H and O–H groups in total. The van der Waals surface area contributed by atoms with Gasteiger partial charge in [0.05, 0.1) is 5.92 Å². The van der Waals surface area contributed by atoms with E-state index in [4.69, 9.17) is 0 Å². The number of anilines is 1. The van der Waals surface area contributed by atoms with E-state index in [2.05, 4.69) is 5.32 Å². The molecule has 0 radical (unpaired) electrons. The topological polar surface area (TPSA) is 69.7 Å². The summed E-state index contributed by atoms with van der Waals surface area (Å²) in [5, 5.41) is 2.23. The van der Waals surface area contributed by atoms with Crippen molar-refractivity contribution in [3.8, 4) is 0 Å². The lowest BCUT2D eigenvalue weighted by Gasteiger charge is -2.32. The fourth-order valence-corrected chi connectivity index (χ4v) is 3.63. The zero-order valence-electron chi connectivity index (χ0n) is 12.9. The maximum Gasteiger partial charge on any atom is 0.281 e. The van der Waals surface area contributed by atoms with Gasteiger partial charge >= 0.3 is 0 Å². The van der Waals surface area contributed by atoms with E-state index >= 15 is 0 Å². The number of nitrogens with zero attached hydrogens (tertiary/aromatic N) is 2. The summed E-state index contributed by atoms with van der Waals surface area (Å²) in [4.78, 5) is 12.2. The molecule has 1 amide bonds. The quantitative estimate of drug-likeness (QED) is 0.896. The number of halogens is 2. The van der Waals surface area contributed by atoms with Crippen molar-refractivity contribution in [3.63, 3.8) is 0 Å². The molecule has 1 fully saturated rings. The van der Waals surface area contributed by atoms with Gasteiger partial charge in [0.1, 0.15) is 17.3 Å². The highest BCUT2D eigenvalue weighted by Gasteiger charge is 2.33. The van der Waals surface area contributed by atoms with E-state index in [0.717, 1.165) is 16.4 Å². The first kappa shape index (κ1) is 17.8. The van der Waals surface area contributed by atoms with Crippen LogP contribution in [0.1, 0.15) is 12.8 Å². The van der Waals surface area contributed by atoms with Crippen LogP contribution in [-0.4, -0.2) is 50.1 Å². The summed E-state index contributed by atoms with van der Waals surface area (Å²) in [6.07, 6.45) is 0.965. The zero-order chi connectivity index (χ0) is 17.2. The molecular weight excluding hydrogens is 328 g/mol. The minimum absolute atomic E-state index is 0.0115. The van der Waals surface area contributed by atoms with Gasteiger partial charge in [0.15, 0.2) is 0 Å². The predicted octanol–water partition coefficient (Wildman–Crippen LogP) is 1.42. The smallest absolute Gasteiger partial charge is 0.281 e. The first-order valence-electron chi connectivity index (χ1n) is 7.16. The van der Waals surface area contributed by atoms with E-state index in [1.807, 2.05) is 0 Å². The fraction of sp³-hybridized carbons (Fsp3) is 0.500. The van der Waals surface area contributed by atoms with Crippen molar-refractivity contribution >= 4 is 21.8 Å². The highest BCUT2D eigenvalue weighted by atomic mass is 32.2. The minimum atomic E-state index is -3.62. The molecule has 2 rings (SSSR count). The second-order valence-corrected chi connectivity index (χ2v) is 7.72. The standard InChI is InChI=1S/C14H19F2N3O3S/c1-18(2)23(21,22)19-8-4-5-10(9-19)14(20)17-13-11(15)6-3-7-12(13)16/h3,6-7,10H,4-5,8-9H2,1-2H3,(H,17,20). The normalized spacial score (nSPS) is 19.8. The van der Waals surface area contributed by atoms with Crippen molar-refractivity contribution in [1.82, 2.24) is 8.61 Å². The second-order valence-electron chi connectivity index (χ2n) is 5.57. The van der Waals surface area contributed by atoms with Gasteiger partial charge in [0.2, 0.25) is 5.91 Å². The highest BCUT2D eigenvalue weighted by Crippen LogP contribution is 2.24. The van der Waals surface area contributed by atoms with E-state index in [1.54, 1.807) is 0 Å². The number of hydrogen-bond acceptors (Lipinski definition) is 3. The van der Waals surface area contributed by atoms with Gasteiger partial charge in [-0.2, -0.15) is 17.0 Å². The van der Waals surface area contributed by atoms with Crippen molar-refractivity contribution in [1.29, 1.82) is 0 Å². The average Bonchev–Trinajstić information content (AvgIpc) is 2.51. The monoisotopic (exact) mass is 347 g/mol. The van der Waals surface area contributed by atoms with Gasteiger partial charge in [0, 0.05) is 27.2 Å². The van der Waals surface area contributed by atoms with Crippen LogP contribution in [0.4, 0.5) is 14.5 Å². The summed E-state index contributed by atoms with van der Waals surface area (Å²) < 4.78 is 53.7. The molecule has 23 heavy (non-hydrogen) atoms. The third-order valence-electron chi connectivity index (χ3n) is 3.75. The summed E-state index contributed by atoms with van der Waals surface area (Å²) in [6, 6.07) is 3.29. The Morgan fingerprint density at radius 1 is 1.30 bits per heavy atom. The SMILES string of the molecule is CN(C)S(=O)(=O)N1CCCC(C(=O)Nc2c(F)cccc2F)C1. The van der Waals surface area contributed by atoms with E-state index in [1.165, 1.54) is 24.5 Å². The Morgan fingerprint density at radius 2 is 1.91 bits per heavy atom. The second kappa shape index (κ2) is 6.90. The van der Waals surface area contributed by atoms with Gasteiger partial charge in [-0.05, 0) is 25.0 Å². The molecule has 1 unspecified atom stereocenters. The van der Waals surface area contributed by atoms with E-state index in [-0.39, 0.29) is 6.54 Å². The first-order chi connectivity index (χ1) is 10.7. The molecule has 128 valence electrons. The van der Waals surface area contributed by atoms with Gasteiger partial charge in [0.25, 0.3) is 10.2 Å². The summed E-state index contributed by atoms with van der Waals surface area (Å²) in [5.74, 6) is -2.98. The molecule has 1 aliphatic heterocycles. The molecule has 6 nitrogen and oxygen atoms in total. The Labute approximate surface area is 134 Å². The molecular formula is C14H19F2N3O3S. The molecule has 9 heteroatoms. The van der Waals surface area contributed by atoms with Crippen LogP contribution >= 0.6 is 0 Å². The third-order valence-corrected chi connectivity index (χ3v) is 5.66. The molecule has 0 aromatic heterocycles. The van der Waals surface area contributed by atoms with Gasteiger partial charge in [-0.25, -0.2) is 8.78 Å². The molecule has 1 aliphatic rings. The Bertz CT molecular complexity index is 674. The largest absolute Gasteiger partial charge is 0.321 e.